The number of methoxy groups -OCH3 is 1. The van der Waals surface area contributed by atoms with E-state index in [1.807, 2.05) is 6.07 Å². The predicted octanol–water partition coefficient (Wildman–Crippen LogP) is 1.71. The lowest BCUT2D eigenvalue weighted by Crippen LogP contribution is -2.42. The van der Waals surface area contributed by atoms with E-state index in [0.717, 1.165) is 38.1 Å². The summed E-state index contributed by atoms with van der Waals surface area (Å²) < 4.78 is 5.31. The van der Waals surface area contributed by atoms with E-state index in [0.29, 0.717) is 5.75 Å². The van der Waals surface area contributed by atoms with Crippen LogP contribution in [-0.2, 0) is 14.4 Å². The molecule has 11 heteroatoms. The highest BCUT2D eigenvalue weighted by Crippen LogP contribution is 2.68. The number of carbonyl (C=O) groups excluding carboxylic acids is 2. The van der Waals surface area contributed by atoms with Crippen LogP contribution < -0.4 is 9.61 Å². The number of aromatic amines is 1. The van der Waals surface area contributed by atoms with Gasteiger partial charge in [0.2, 0.25) is 11.8 Å². The molecule has 1 aromatic heterocycles. The molecule has 7 atom stereocenters. The molecule has 1 aromatic carbocycles. The van der Waals surface area contributed by atoms with E-state index < -0.39 is 30.3 Å². The van der Waals surface area contributed by atoms with Crippen LogP contribution in [0.15, 0.2) is 28.0 Å². The standard InChI is InChI=1S/C22H20N2O7S2/c1-31-11-4-7(2-3-10(11)25)13-14-8-5-9(17(14)32-19-18(13)33-22(30)23-19)16-15(8)20(28)24(21(16)29)6-12(26)27/h2-4,8-9,13-17,25H,5-6H2,1H3,(H,23,30)(H,26,27)/t8-,9-,13-,14-,15+,16+,17+/m1/s1. The fraction of sp³-hybridized carbons (Fsp3) is 0.455. The zero-order valence-electron chi connectivity index (χ0n) is 17.4. The van der Waals surface area contributed by atoms with Gasteiger partial charge in [-0.25, -0.2) is 0 Å². The lowest BCUT2D eigenvalue weighted by Gasteiger charge is -2.43. The maximum absolute atomic E-state index is 13.2. The molecule has 6 rings (SSSR count). The first-order valence-electron chi connectivity index (χ1n) is 10.6. The number of rotatable bonds is 4. The number of benzene rings is 1. The maximum atomic E-state index is 13.2. The van der Waals surface area contributed by atoms with Gasteiger partial charge in [0.25, 0.3) is 0 Å². The second-order valence-electron chi connectivity index (χ2n) is 9.05. The number of imide groups is 1. The Kier molecular flexibility index (Phi) is 4.47. The topological polar surface area (TPSA) is 137 Å². The number of phenols is 1. The zero-order chi connectivity index (χ0) is 23.2. The summed E-state index contributed by atoms with van der Waals surface area (Å²) in [5.74, 6) is -3.03. The summed E-state index contributed by atoms with van der Waals surface area (Å²) in [6.45, 7) is -0.605. The van der Waals surface area contributed by atoms with Crippen LogP contribution in [0.3, 0.4) is 0 Å². The van der Waals surface area contributed by atoms with Crippen LogP contribution in [0.5, 0.6) is 11.5 Å². The van der Waals surface area contributed by atoms with Crippen molar-refractivity contribution in [2.45, 2.75) is 22.6 Å². The van der Waals surface area contributed by atoms with Crippen LogP contribution in [0, 0.1) is 29.6 Å². The molecule has 33 heavy (non-hydrogen) atoms. The molecule has 0 spiro atoms. The van der Waals surface area contributed by atoms with E-state index in [2.05, 4.69) is 4.98 Å². The van der Waals surface area contributed by atoms with Gasteiger partial charge in [0.15, 0.2) is 11.5 Å². The Hall–Kier alpha value is -2.79. The van der Waals surface area contributed by atoms with Gasteiger partial charge in [0, 0.05) is 16.0 Å². The number of phenolic OH excluding ortho intramolecular Hbond substituents is 1. The number of nitrogens with zero attached hydrogens (tertiary/aromatic N) is 1. The van der Waals surface area contributed by atoms with Gasteiger partial charge in [-0.15, -0.1) is 11.8 Å². The molecule has 4 aliphatic rings. The number of H-pyrrole nitrogens is 1. The normalized spacial score (nSPS) is 33.7. The summed E-state index contributed by atoms with van der Waals surface area (Å²) in [6, 6.07) is 5.14. The number of amides is 2. The van der Waals surface area contributed by atoms with Crippen molar-refractivity contribution in [3.8, 4) is 11.5 Å². The smallest absolute Gasteiger partial charge is 0.323 e. The minimum Gasteiger partial charge on any atom is -0.504 e. The van der Waals surface area contributed by atoms with Gasteiger partial charge in [-0.05, 0) is 41.9 Å². The van der Waals surface area contributed by atoms with Gasteiger partial charge in [0.05, 0.1) is 24.0 Å². The molecular formula is C22H20N2O7S2. The van der Waals surface area contributed by atoms with Crippen molar-refractivity contribution in [2.75, 3.05) is 13.7 Å². The van der Waals surface area contributed by atoms with Crippen molar-refractivity contribution in [3.05, 3.63) is 38.3 Å². The molecule has 2 aliphatic carbocycles. The summed E-state index contributed by atoms with van der Waals surface area (Å²) in [5, 5.41) is 20.1. The molecule has 2 aromatic rings. The highest BCUT2D eigenvalue weighted by atomic mass is 32.2. The van der Waals surface area contributed by atoms with Gasteiger partial charge in [-0.1, -0.05) is 17.4 Å². The Labute approximate surface area is 195 Å². The number of hydrogen-bond acceptors (Lipinski definition) is 8. The highest BCUT2D eigenvalue weighted by Gasteiger charge is 2.69. The third-order valence-corrected chi connectivity index (χ3v) is 10.3. The first-order valence-corrected chi connectivity index (χ1v) is 12.3. The molecule has 3 N–H and O–H groups in total. The predicted molar refractivity (Wildman–Crippen MR) is 118 cm³/mol. The number of ether oxygens (including phenoxy) is 1. The fourth-order valence-corrected chi connectivity index (χ4v) is 9.52. The Morgan fingerprint density at radius 1 is 1.21 bits per heavy atom. The van der Waals surface area contributed by atoms with Crippen LogP contribution in [-0.4, -0.2) is 56.8 Å². The Morgan fingerprint density at radius 2 is 1.94 bits per heavy atom. The van der Waals surface area contributed by atoms with Crippen molar-refractivity contribution >= 4 is 40.9 Å². The lowest BCUT2D eigenvalue weighted by molar-refractivity contribution is -0.149. The number of carboxylic acids is 1. The van der Waals surface area contributed by atoms with Gasteiger partial charge >= 0.3 is 10.8 Å². The number of aromatic hydroxyl groups is 1. The largest absolute Gasteiger partial charge is 0.504 e. The maximum Gasteiger partial charge on any atom is 0.323 e. The molecule has 0 unspecified atom stereocenters. The lowest BCUT2D eigenvalue weighted by atomic mass is 9.68. The van der Waals surface area contributed by atoms with E-state index in [1.54, 1.807) is 23.9 Å². The molecule has 1 saturated heterocycles. The summed E-state index contributed by atoms with van der Waals surface area (Å²) in [6.07, 6.45) is 0.723. The molecule has 3 fully saturated rings. The van der Waals surface area contributed by atoms with Crippen molar-refractivity contribution in [2.24, 2.45) is 29.6 Å². The van der Waals surface area contributed by atoms with Crippen molar-refractivity contribution in [1.29, 1.82) is 0 Å². The first-order chi connectivity index (χ1) is 15.8. The SMILES string of the molecule is COc1cc([C@H]2c3sc(=O)[nH]c3S[C@H]3[C@@H]4C[C@@H]([C@@H]5C(=O)N(CC(=O)O)C(=O)[C@@H]45)[C@H]23)ccc1O. The monoisotopic (exact) mass is 488 g/mol. The quantitative estimate of drug-likeness (QED) is 0.553. The number of thiazole rings is 1. The van der Waals surface area contributed by atoms with E-state index in [-0.39, 0.29) is 45.5 Å². The molecule has 2 amide bonds. The number of hydrogen-bond donors (Lipinski definition) is 3. The molecule has 172 valence electrons. The third-order valence-electron chi connectivity index (χ3n) is 7.67. The summed E-state index contributed by atoms with van der Waals surface area (Å²) in [7, 11) is 1.47. The molecule has 2 bridgehead atoms. The van der Waals surface area contributed by atoms with E-state index >= 15 is 0 Å². The Bertz CT molecular complexity index is 1270. The van der Waals surface area contributed by atoms with Gasteiger partial charge in [0.1, 0.15) is 6.54 Å². The summed E-state index contributed by atoms with van der Waals surface area (Å²) >= 11 is 2.71. The zero-order valence-corrected chi connectivity index (χ0v) is 19.0. The number of carbonyl (C=O) groups is 3. The second kappa shape index (κ2) is 7.10. The van der Waals surface area contributed by atoms with E-state index in [9.17, 15) is 29.4 Å². The highest BCUT2D eigenvalue weighted by molar-refractivity contribution is 8.00. The molecule has 9 nitrogen and oxygen atoms in total. The number of nitrogens with one attached hydrogen (secondary N) is 1. The number of fused-ring (bicyclic) bond motifs is 9. The van der Waals surface area contributed by atoms with Crippen molar-refractivity contribution < 1.29 is 29.3 Å². The third kappa shape index (κ3) is 2.78. The number of aromatic nitrogens is 1. The average molecular weight is 489 g/mol. The fourth-order valence-electron chi connectivity index (χ4n) is 6.63. The molecule has 3 heterocycles. The van der Waals surface area contributed by atoms with Gasteiger partial charge < -0.3 is 19.9 Å². The number of carboxylic acid groups (broad SMARTS) is 1. The Balaban J connectivity index is 1.46. The Morgan fingerprint density at radius 3 is 2.64 bits per heavy atom. The first kappa shape index (κ1) is 20.8. The van der Waals surface area contributed by atoms with Crippen LogP contribution in [0.25, 0.3) is 0 Å². The number of aliphatic carboxylic acids is 1. The second-order valence-corrected chi connectivity index (χ2v) is 11.3. The minimum atomic E-state index is -1.20. The average Bonchev–Trinajstić information content (AvgIpc) is 3.49. The van der Waals surface area contributed by atoms with Crippen LogP contribution >= 0.6 is 23.1 Å². The summed E-state index contributed by atoms with van der Waals surface area (Å²) in [4.78, 5) is 54.3. The molecule has 0 radical (unpaired) electrons. The summed E-state index contributed by atoms with van der Waals surface area (Å²) in [5.41, 5.74) is 0.875. The molecule has 2 saturated carbocycles. The van der Waals surface area contributed by atoms with Crippen molar-refractivity contribution in [3.63, 3.8) is 0 Å². The number of thioether (sulfide) groups is 1. The van der Waals surface area contributed by atoms with Gasteiger partial charge in [-0.2, -0.15) is 0 Å². The molecule has 2 aliphatic heterocycles. The van der Waals surface area contributed by atoms with E-state index in [1.165, 1.54) is 7.11 Å². The van der Waals surface area contributed by atoms with Crippen LogP contribution in [0.1, 0.15) is 22.8 Å². The molecular weight excluding hydrogens is 468 g/mol. The van der Waals surface area contributed by atoms with Crippen LogP contribution in [0.2, 0.25) is 0 Å². The number of likely N-dealkylation sites (tertiary alicyclic amines) is 1. The van der Waals surface area contributed by atoms with E-state index in [4.69, 9.17) is 4.74 Å². The minimum absolute atomic E-state index is 0.00372. The van der Waals surface area contributed by atoms with Crippen LogP contribution in [0.4, 0.5) is 0 Å². The van der Waals surface area contributed by atoms with Crippen molar-refractivity contribution in [1.82, 2.24) is 9.88 Å². The van der Waals surface area contributed by atoms with Gasteiger partial charge in [-0.3, -0.25) is 24.1 Å².